The summed E-state index contributed by atoms with van der Waals surface area (Å²) in [4.78, 5) is 0. The van der Waals surface area contributed by atoms with Crippen molar-refractivity contribution in [3.8, 4) is 11.1 Å². The lowest BCUT2D eigenvalue weighted by Gasteiger charge is -2.46. The Kier molecular flexibility index (Phi) is 3.54. The number of hydrogen-bond acceptors (Lipinski definition) is 0. The molecule has 2 aliphatic rings. The lowest BCUT2D eigenvalue weighted by atomic mass is 9.55. The summed E-state index contributed by atoms with van der Waals surface area (Å²) in [5, 5.41) is 0.612. The standard InChI is InChI=1S/C28H20BCl/c1-27(2)20-11-5-7-13-22(20)28(23-14-8-6-12-21(23)27)19-10-4-3-9-17(19)18-15-25(29)26(30)16-24(18)28/h3-16H,1-2H3. The van der Waals surface area contributed by atoms with Crippen LogP contribution in [-0.2, 0) is 10.8 Å². The number of benzene rings is 4. The first kappa shape index (κ1) is 18.0. The summed E-state index contributed by atoms with van der Waals surface area (Å²) >= 11 is 6.62. The second-order valence-corrected chi connectivity index (χ2v) is 9.34. The van der Waals surface area contributed by atoms with Crippen LogP contribution in [0.25, 0.3) is 11.1 Å². The molecule has 2 aliphatic carbocycles. The van der Waals surface area contributed by atoms with Crippen LogP contribution in [0.1, 0.15) is 47.2 Å². The third-order valence-corrected chi connectivity index (χ3v) is 7.50. The van der Waals surface area contributed by atoms with E-state index in [4.69, 9.17) is 19.4 Å². The van der Waals surface area contributed by atoms with E-state index in [0.29, 0.717) is 10.5 Å². The highest BCUT2D eigenvalue weighted by atomic mass is 35.5. The lowest BCUT2D eigenvalue weighted by Crippen LogP contribution is -2.40. The van der Waals surface area contributed by atoms with Crippen molar-refractivity contribution < 1.29 is 0 Å². The zero-order valence-corrected chi connectivity index (χ0v) is 17.8. The smallest absolute Gasteiger partial charge is 0.0850 e. The summed E-state index contributed by atoms with van der Waals surface area (Å²) < 4.78 is 0. The van der Waals surface area contributed by atoms with E-state index in [1.807, 2.05) is 0 Å². The molecule has 0 aliphatic heterocycles. The lowest BCUT2D eigenvalue weighted by molar-refractivity contribution is 0.563. The minimum Gasteiger partial charge on any atom is -0.0850 e. The van der Waals surface area contributed by atoms with Crippen molar-refractivity contribution in [1.29, 1.82) is 0 Å². The fourth-order valence-corrected chi connectivity index (χ4v) is 6.06. The molecule has 30 heavy (non-hydrogen) atoms. The Labute approximate surface area is 184 Å². The molecular formula is C28H20BCl. The number of fused-ring (bicyclic) bond motifs is 9. The van der Waals surface area contributed by atoms with Gasteiger partial charge >= 0.3 is 0 Å². The Balaban J connectivity index is 1.89. The summed E-state index contributed by atoms with van der Waals surface area (Å²) in [7, 11) is 6.27. The van der Waals surface area contributed by atoms with Crippen molar-refractivity contribution in [3.05, 3.63) is 123 Å². The van der Waals surface area contributed by atoms with Gasteiger partial charge < -0.3 is 0 Å². The summed E-state index contributed by atoms with van der Waals surface area (Å²) in [5.74, 6) is 0. The third-order valence-electron chi connectivity index (χ3n) is 7.17. The zero-order chi connectivity index (χ0) is 20.7. The molecular weight excluding hydrogens is 383 g/mol. The highest BCUT2D eigenvalue weighted by Gasteiger charge is 2.53. The monoisotopic (exact) mass is 402 g/mol. The average Bonchev–Trinajstić information content (AvgIpc) is 3.03. The molecule has 6 rings (SSSR count). The molecule has 0 atom stereocenters. The molecule has 0 fully saturated rings. The topological polar surface area (TPSA) is 0 Å². The van der Waals surface area contributed by atoms with Gasteiger partial charge in [-0.2, -0.15) is 0 Å². The maximum atomic E-state index is 6.62. The van der Waals surface area contributed by atoms with Crippen LogP contribution in [0, 0.1) is 0 Å². The first-order chi connectivity index (χ1) is 14.5. The van der Waals surface area contributed by atoms with Crippen LogP contribution in [0.15, 0.2) is 84.9 Å². The first-order valence-electron chi connectivity index (χ1n) is 10.4. The van der Waals surface area contributed by atoms with Crippen molar-refractivity contribution in [2.45, 2.75) is 24.7 Å². The molecule has 2 heteroatoms. The SMILES string of the molecule is [B]c1cc2c(cc1Cl)C1(c3ccccc3-2)c2ccccc2C(C)(C)c2ccccc21. The van der Waals surface area contributed by atoms with Gasteiger partial charge in [0, 0.05) is 10.4 Å². The van der Waals surface area contributed by atoms with Crippen LogP contribution in [0.3, 0.4) is 0 Å². The molecule has 0 saturated heterocycles. The van der Waals surface area contributed by atoms with Gasteiger partial charge in [0.1, 0.15) is 7.85 Å². The molecule has 4 aromatic rings. The van der Waals surface area contributed by atoms with Gasteiger partial charge in [0.25, 0.3) is 0 Å². The van der Waals surface area contributed by atoms with Crippen LogP contribution in [-0.4, -0.2) is 7.85 Å². The summed E-state index contributed by atoms with van der Waals surface area (Å²) in [5.41, 5.74) is 10.5. The number of hydrogen-bond donors (Lipinski definition) is 0. The van der Waals surface area contributed by atoms with Gasteiger partial charge in [-0.05, 0) is 50.6 Å². The molecule has 4 aromatic carbocycles. The maximum absolute atomic E-state index is 6.62. The van der Waals surface area contributed by atoms with E-state index in [1.54, 1.807) is 0 Å². The van der Waals surface area contributed by atoms with Crippen LogP contribution in [0.2, 0.25) is 5.02 Å². The van der Waals surface area contributed by atoms with Crippen molar-refractivity contribution >= 4 is 24.9 Å². The van der Waals surface area contributed by atoms with Gasteiger partial charge in [0.05, 0.1) is 5.41 Å². The molecule has 0 unspecified atom stereocenters. The molecule has 0 bridgehead atoms. The van der Waals surface area contributed by atoms with E-state index in [9.17, 15) is 0 Å². The zero-order valence-electron chi connectivity index (χ0n) is 17.0. The average molecular weight is 403 g/mol. The highest BCUT2D eigenvalue weighted by molar-refractivity contribution is 6.45. The fraction of sp³-hybridized carbons (Fsp3) is 0.143. The molecule has 0 heterocycles. The van der Waals surface area contributed by atoms with Gasteiger partial charge in [-0.3, -0.25) is 0 Å². The van der Waals surface area contributed by atoms with Crippen LogP contribution in [0.4, 0.5) is 0 Å². The minimum absolute atomic E-state index is 0.0895. The quantitative estimate of drug-likeness (QED) is 0.273. The van der Waals surface area contributed by atoms with Crippen molar-refractivity contribution in [1.82, 2.24) is 0 Å². The Morgan fingerprint density at radius 1 is 0.600 bits per heavy atom. The molecule has 2 radical (unpaired) electrons. The second-order valence-electron chi connectivity index (χ2n) is 8.93. The normalized spacial score (nSPS) is 16.5. The van der Waals surface area contributed by atoms with Crippen molar-refractivity contribution in [2.75, 3.05) is 0 Å². The molecule has 142 valence electrons. The van der Waals surface area contributed by atoms with Gasteiger partial charge in [-0.25, -0.2) is 0 Å². The highest BCUT2D eigenvalue weighted by Crippen LogP contribution is 2.61. The number of halogens is 1. The van der Waals surface area contributed by atoms with Gasteiger partial charge in [0.2, 0.25) is 0 Å². The third kappa shape index (κ3) is 1.99. The van der Waals surface area contributed by atoms with Gasteiger partial charge in [-0.15, -0.1) is 0 Å². The minimum atomic E-state index is -0.397. The molecule has 0 nitrogen and oxygen atoms in total. The molecule has 1 spiro atoms. The number of rotatable bonds is 0. The molecule has 0 saturated carbocycles. The fourth-order valence-electron chi connectivity index (χ4n) is 5.89. The van der Waals surface area contributed by atoms with Gasteiger partial charge in [-0.1, -0.05) is 110 Å². The van der Waals surface area contributed by atoms with Crippen LogP contribution >= 0.6 is 11.6 Å². The van der Waals surface area contributed by atoms with Crippen LogP contribution in [0.5, 0.6) is 0 Å². The predicted molar refractivity (Wildman–Crippen MR) is 126 cm³/mol. The van der Waals surface area contributed by atoms with E-state index >= 15 is 0 Å². The maximum Gasteiger partial charge on any atom is 0.115 e. The Bertz CT molecular complexity index is 1300. The van der Waals surface area contributed by atoms with E-state index in [0.717, 1.165) is 0 Å². The van der Waals surface area contributed by atoms with E-state index in [1.165, 1.54) is 44.5 Å². The Morgan fingerprint density at radius 2 is 1.10 bits per heavy atom. The summed E-state index contributed by atoms with van der Waals surface area (Å²) in [6.07, 6.45) is 0. The van der Waals surface area contributed by atoms with E-state index < -0.39 is 5.41 Å². The Hall–Kier alpha value is -2.77. The second kappa shape index (κ2) is 5.90. The Morgan fingerprint density at radius 3 is 1.70 bits per heavy atom. The van der Waals surface area contributed by atoms with Crippen LogP contribution < -0.4 is 5.46 Å². The molecule has 0 N–H and O–H groups in total. The van der Waals surface area contributed by atoms with E-state index in [-0.39, 0.29) is 5.41 Å². The summed E-state index contributed by atoms with van der Waals surface area (Å²) in [6, 6.07) is 30.7. The first-order valence-corrected chi connectivity index (χ1v) is 10.7. The van der Waals surface area contributed by atoms with Gasteiger partial charge in [0.15, 0.2) is 0 Å². The largest absolute Gasteiger partial charge is 0.115 e. The molecule has 0 amide bonds. The predicted octanol–water partition coefficient (Wildman–Crippen LogP) is 6.14. The molecule has 0 aromatic heterocycles. The summed E-state index contributed by atoms with van der Waals surface area (Å²) in [6.45, 7) is 4.66. The van der Waals surface area contributed by atoms with Crippen molar-refractivity contribution in [3.63, 3.8) is 0 Å². The van der Waals surface area contributed by atoms with Crippen molar-refractivity contribution in [2.24, 2.45) is 0 Å². The van der Waals surface area contributed by atoms with E-state index in [2.05, 4.69) is 98.8 Å².